The molecule has 0 spiro atoms. The summed E-state index contributed by atoms with van der Waals surface area (Å²) in [6, 6.07) is 0.608. The third kappa shape index (κ3) is 1.69. The zero-order valence-electron chi connectivity index (χ0n) is 8.87. The molecule has 1 aromatic heterocycles. The summed E-state index contributed by atoms with van der Waals surface area (Å²) in [5.74, 6) is 1.27. The lowest BCUT2D eigenvalue weighted by atomic mass is 10.0. The van der Waals surface area contributed by atoms with Crippen LogP contribution < -0.4 is 5.73 Å². The number of nitrogens with zero attached hydrogens (tertiary/aromatic N) is 2. The summed E-state index contributed by atoms with van der Waals surface area (Å²) in [4.78, 5) is 4.62. The van der Waals surface area contributed by atoms with Crippen molar-refractivity contribution in [1.82, 2.24) is 9.55 Å². The quantitative estimate of drug-likeness (QED) is 0.793. The number of hydrogen-bond donors (Lipinski definition) is 1. The maximum Gasteiger partial charge on any atom is 0.109 e. The zero-order valence-corrected chi connectivity index (χ0v) is 8.87. The summed E-state index contributed by atoms with van der Waals surface area (Å²) in [5.41, 5.74) is 6.85. The third-order valence-corrected chi connectivity index (χ3v) is 3.05. The van der Waals surface area contributed by atoms with E-state index >= 15 is 0 Å². The van der Waals surface area contributed by atoms with Crippen molar-refractivity contribution in [2.24, 2.45) is 5.73 Å². The van der Waals surface area contributed by atoms with Crippen LogP contribution >= 0.6 is 0 Å². The van der Waals surface area contributed by atoms with Gasteiger partial charge in [-0.2, -0.15) is 0 Å². The molecule has 1 atom stereocenters. The van der Waals surface area contributed by atoms with E-state index in [0.717, 1.165) is 25.8 Å². The fourth-order valence-electron chi connectivity index (χ4n) is 2.27. The zero-order chi connectivity index (χ0) is 9.97. The van der Waals surface area contributed by atoms with Gasteiger partial charge in [0.15, 0.2) is 0 Å². The van der Waals surface area contributed by atoms with Crippen molar-refractivity contribution in [3.63, 3.8) is 0 Å². The SMILES string of the molecule is CCc1cn2c(n1)CCCC2CCN. The van der Waals surface area contributed by atoms with Gasteiger partial charge in [-0.1, -0.05) is 6.92 Å². The highest BCUT2D eigenvalue weighted by Gasteiger charge is 2.20. The minimum absolute atomic E-state index is 0.608. The van der Waals surface area contributed by atoms with Gasteiger partial charge < -0.3 is 10.3 Å². The van der Waals surface area contributed by atoms with E-state index in [1.54, 1.807) is 0 Å². The lowest BCUT2D eigenvalue weighted by Crippen LogP contribution is -2.20. The van der Waals surface area contributed by atoms with Crippen molar-refractivity contribution in [3.8, 4) is 0 Å². The Balaban J connectivity index is 2.24. The Morgan fingerprint density at radius 2 is 2.50 bits per heavy atom. The summed E-state index contributed by atoms with van der Waals surface area (Å²) >= 11 is 0. The maximum atomic E-state index is 5.62. The fraction of sp³-hybridized carbons (Fsp3) is 0.727. The predicted octanol–water partition coefficient (Wildman–Crippen LogP) is 1.67. The molecule has 2 N–H and O–H groups in total. The molecule has 0 amide bonds. The summed E-state index contributed by atoms with van der Waals surface area (Å²) in [6.07, 6.45) is 8.02. The first-order valence-electron chi connectivity index (χ1n) is 5.61. The molecule has 1 aromatic rings. The molecule has 0 aromatic carbocycles. The first kappa shape index (κ1) is 9.71. The highest BCUT2D eigenvalue weighted by Crippen LogP contribution is 2.26. The average Bonchev–Trinajstić information content (AvgIpc) is 2.62. The molecule has 1 aliphatic rings. The van der Waals surface area contributed by atoms with Gasteiger partial charge in [-0.15, -0.1) is 0 Å². The van der Waals surface area contributed by atoms with Crippen LogP contribution in [0.2, 0.25) is 0 Å². The van der Waals surface area contributed by atoms with Crippen LogP contribution in [0.3, 0.4) is 0 Å². The monoisotopic (exact) mass is 193 g/mol. The van der Waals surface area contributed by atoms with Crippen LogP contribution in [-0.2, 0) is 12.8 Å². The van der Waals surface area contributed by atoms with E-state index in [1.807, 2.05) is 0 Å². The molecule has 1 aliphatic heterocycles. The molecular weight excluding hydrogens is 174 g/mol. The van der Waals surface area contributed by atoms with Gasteiger partial charge in [0.05, 0.1) is 5.69 Å². The number of imidazole rings is 1. The van der Waals surface area contributed by atoms with Crippen molar-refractivity contribution in [2.75, 3.05) is 6.54 Å². The van der Waals surface area contributed by atoms with Crippen LogP contribution in [0.5, 0.6) is 0 Å². The number of hydrogen-bond acceptors (Lipinski definition) is 2. The van der Waals surface area contributed by atoms with Gasteiger partial charge in [0.1, 0.15) is 5.82 Å². The molecule has 3 heteroatoms. The Morgan fingerprint density at radius 3 is 3.21 bits per heavy atom. The van der Waals surface area contributed by atoms with Gasteiger partial charge in [0.25, 0.3) is 0 Å². The lowest BCUT2D eigenvalue weighted by Gasteiger charge is -2.24. The Morgan fingerprint density at radius 1 is 1.64 bits per heavy atom. The van der Waals surface area contributed by atoms with Crippen LogP contribution in [0.1, 0.15) is 43.7 Å². The highest BCUT2D eigenvalue weighted by atomic mass is 15.1. The topological polar surface area (TPSA) is 43.8 Å². The minimum atomic E-state index is 0.608. The van der Waals surface area contributed by atoms with Crippen molar-refractivity contribution < 1.29 is 0 Å². The molecule has 0 aliphatic carbocycles. The fourth-order valence-corrected chi connectivity index (χ4v) is 2.27. The Labute approximate surface area is 85.3 Å². The van der Waals surface area contributed by atoms with Crippen LogP contribution in [0, 0.1) is 0 Å². The number of fused-ring (bicyclic) bond motifs is 1. The van der Waals surface area contributed by atoms with E-state index < -0.39 is 0 Å². The van der Waals surface area contributed by atoms with Crippen molar-refractivity contribution in [1.29, 1.82) is 0 Å². The van der Waals surface area contributed by atoms with E-state index in [0.29, 0.717) is 6.04 Å². The molecule has 0 fully saturated rings. The second-order valence-electron chi connectivity index (χ2n) is 4.03. The Bertz CT molecular complexity index is 303. The third-order valence-electron chi connectivity index (χ3n) is 3.05. The smallest absolute Gasteiger partial charge is 0.109 e. The van der Waals surface area contributed by atoms with Crippen LogP contribution in [-0.4, -0.2) is 16.1 Å². The van der Waals surface area contributed by atoms with Crippen molar-refractivity contribution in [2.45, 2.75) is 45.1 Å². The average molecular weight is 193 g/mol. The van der Waals surface area contributed by atoms with E-state index in [2.05, 4.69) is 22.7 Å². The second-order valence-corrected chi connectivity index (χ2v) is 4.03. The van der Waals surface area contributed by atoms with E-state index in [-0.39, 0.29) is 0 Å². The number of nitrogens with two attached hydrogens (primary N) is 1. The van der Waals surface area contributed by atoms with Crippen molar-refractivity contribution in [3.05, 3.63) is 17.7 Å². The van der Waals surface area contributed by atoms with Gasteiger partial charge in [0.2, 0.25) is 0 Å². The second kappa shape index (κ2) is 4.13. The predicted molar refractivity (Wildman–Crippen MR) is 57.3 cm³/mol. The maximum absolute atomic E-state index is 5.62. The standard InChI is InChI=1S/C11H19N3/c1-2-9-8-14-10(6-7-12)4-3-5-11(14)13-9/h8,10H,2-7,12H2,1H3. The first-order valence-corrected chi connectivity index (χ1v) is 5.61. The van der Waals surface area contributed by atoms with Gasteiger partial charge in [-0.3, -0.25) is 0 Å². The Hall–Kier alpha value is -0.830. The lowest BCUT2D eigenvalue weighted by molar-refractivity contribution is 0.379. The normalized spacial score (nSPS) is 20.9. The van der Waals surface area contributed by atoms with E-state index in [1.165, 1.54) is 24.4 Å². The Kier molecular flexibility index (Phi) is 2.87. The molecule has 3 nitrogen and oxygen atoms in total. The van der Waals surface area contributed by atoms with Crippen molar-refractivity contribution >= 4 is 0 Å². The molecular formula is C11H19N3. The molecule has 0 bridgehead atoms. The number of aryl methyl sites for hydroxylation is 2. The minimum Gasteiger partial charge on any atom is -0.332 e. The van der Waals surface area contributed by atoms with Crippen LogP contribution in [0.4, 0.5) is 0 Å². The van der Waals surface area contributed by atoms with Gasteiger partial charge in [-0.25, -0.2) is 4.98 Å². The van der Waals surface area contributed by atoms with Gasteiger partial charge in [0, 0.05) is 18.7 Å². The molecule has 2 rings (SSSR count). The molecule has 1 unspecified atom stereocenters. The summed E-state index contributed by atoms with van der Waals surface area (Å²) < 4.78 is 2.36. The molecule has 0 saturated carbocycles. The van der Waals surface area contributed by atoms with Gasteiger partial charge >= 0.3 is 0 Å². The van der Waals surface area contributed by atoms with E-state index in [9.17, 15) is 0 Å². The number of aromatic nitrogens is 2. The highest BCUT2D eigenvalue weighted by molar-refractivity contribution is 5.08. The first-order chi connectivity index (χ1) is 6.85. The molecule has 78 valence electrons. The van der Waals surface area contributed by atoms with E-state index in [4.69, 9.17) is 5.73 Å². The number of rotatable bonds is 3. The van der Waals surface area contributed by atoms with Crippen LogP contribution in [0.25, 0.3) is 0 Å². The van der Waals surface area contributed by atoms with Gasteiger partial charge in [-0.05, 0) is 32.2 Å². The van der Waals surface area contributed by atoms with Crippen LogP contribution in [0.15, 0.2) is 6.20 Å². The molecule has 2 heterocycles. The molecule has 14 heavy (non-hydrogen) atoms. The largest absolute Gasteiger partial charge is 0.332 e. The summed E-state index contributed by atoms with van der Waals surface area (Å²) in [5, 5.41) is 0. The summed E-state index contributed by atoms with van der Waals surface area (Å²) in [7, 11) is 0. The summed E-state index contributed by atoms with van der Waals surface area (Å²) in [6.45, 7) is 2.94. The molecule has 0 saturated heterocycles. The molecule has 0 radical (unpaired) electrons.